The second-order valence-corrected chi connectivity index (χ2v) is 8.15. The Balaban J connectivity index is 1.88. The maximum atomic E-state index is 13.3. The number of para-hydroxylation sites is 1. The van der Waals surface area contributed by atoms with Crippen LogP contribution in [0, 0.1) is 10.1 Å². The van der Waals surface area contributed by atoms with Gasteiger partial charge in [0.15, 0.2) is 0 Å². The first kappa shape index (κ1) is 22.0. The van der Waals surface area contributed by atoms with Gasteiger partial charge in [0.2, 0.25) is 5.75 Å². The molecule has 4 rings (SSSR count). The molecule has 1 heterocycles. The molecule has 0 spiro atoms. The largest absolute Gasteiger partial charge is 0.487 e. The predicted octanol–water partition coefficient (Wildman–Crippen LogP) is 5.29. The van der Waals surface area contributed by atoms with E-state index >= 15 is 0 Å². The Morgan fingerprint density at radius 3 is 2.75 bits per heavy atom. The van der Waals surface area contributed by atoms with E-state index < -0.39 is 4.92 Å². The molecule has 2 aromatic carbocycles. The topological polar surface area (TPSA) is 99.6 Å². The van der Waals surface area contributed by atoms with E-state index in [4.69, 9.17) is 21.3 Å². The van der Waals surface area contributed by atoms with Crippen LogP contribution in [0.15, 0.2) is 46.3 Å². The first-order chi connectivity index (χ1) is 15.5. The molecule has 0 unspecified atom stereocenters. The molecule has 0 saturated heterocycles. The number of halogens is 1. The summed E-state index contributed by atoms with van der Waals surface area (Å²) >= 11 is 6.11. The number of aromatic nitrogens is 2. The summed E-state index contributed by atoms with van der Waals surface area (Å²) in [5.41, 5.74) is 0.429. The van der Waals surface area contributed by atoms with Crippen molar-refractivity contribution in [1.29, 1.82) is 0 Å². The van der Waals surface area contributed by atoms with Gasteiger partial charge in [-0.1, -0.05) is 43.0 Å². The van der Waals surface area contributed by atoms with Crippen LogP contribution in [0.1, 0.15) is 56.3 Å². The van der Waals surface area contributed by atoms with Crippen molar-refractivity contribution in [2.45, 2.75) is 44.9 Å². The van der Waals surface area contributed by atoms with Gasteiger partial charge in [-0.15, -0.1) is 0 Å². The maximum absolute atomic E-state index is 13.3. The number of nitro groups is 1. The summed E-state index contributed by atoms with van der Waals surface area (Å²) in [6, 6.07) is 9.95. The highest BCUT2D eigenvalue weighted by Crippen LogP contribution is 2.34. The SMILES string of the molecule is CCOc1c(C=Nn2c(C3CCCCC3)nc3ccccc3c2=O)cc(Cl)cc1[N+](=O)[O-]. The average Bonchev–Trinajstić information content (AvgIpc) is 2.80. The van der Waals surface area contributed by atoms with E-state index in [1.165, 1.54) is 29.4 Å². The summed E-state index contributed by atoms with van der Waals surface area (Å²) in [5.74, 6) is 0.795. The molecule has 0 amide bonds. The fourth-order valence-corrected chi connectivity index (χ4v) is 4.35. The fourth-order valence-electron chi connectivity index (χ4n) is 4.13. The molecule has 1 saturated carbocycles. The second-order valence-electron chi connectivity index (χ2n) is 7.72. The predicted molar refractivity (Wildman–Crippen MR) is 124 cm³/mol. The van der Waals surface area contributed by atoms with Crippen LogP contribution in [0.5, 0.6) is 5.75 Å². The number of fused-ring (bicyclic) bond motifs is 1. The zero-order chi connectivity index (χ0) is 22.7. The van der Waals surface area contributed by atoms with Gasteiger partial charge in [0.05, 0.1) is 28.6 Å². The number of nitrogens with zero attached hydrogens (tertiary/aromatic N) is 4. The van der Waals surface area contributed by atoms with Crippen LogP contribution in [0.2, 0.25) is 5.02 Å². The van der Waals surface area contributed by atoms with Crippen molar-refractivity contribution in [3.05, 3.63) is 73.3 Å². The van der Waals surface area contributed by atoms with Crippen LogP contribution in [0.25, 0.3) is 10.9 Å². The minimum Gasteiger partial charge on any atom is -0.487 e. The van der Waals surface area contributed by atoms with E-state index in [0.29, 0.717) is 22.3 Å². The van der Waals surface area contributed by atoms with Crippen molar-refractivity contribution in [2.75, 3.05) is 6.61 Å². The maximum Gasteiger partial charge on any atom is 0.313 e. The van der Waals surface area contributed by atoms with Gasteiger partial charge in [-0.25, -0.2) is 4.98 Å². The van der Waals surface area contributed by atoms with Crippen molar-refractivity contribution in [3.63, 3.8) is 0 Å². The van der Waals surface area contributed by atoms with Crippen molar-refractivity contribution in [3.8, 4) is 5.75 Å². The lowest BCUT2D eigenvalue weighted by molar-refractivity contribution is -0.385. The monoisotopic (exact) mass is 454 g/mol. The van der Waals surface area contributed by atoms with Crippen molar-refractivity contribution in [1.82, 2.24) is 9.66 Å². The number of rotatable bonds is 6. The average molecular weight is 455 g/mol. The number of hydrogen-bond acceptors (Lipinski definition) is 6. The van der Waals surface area contributed by atoms with E-state index in [1.807, 2.05) is 12.1 Å². The zero-order valence-corrected chi connectivity index (χ0v) is 18.4. The summed E-state index contributed by atoms with van der Waals surface area (Å²) in [6.07, 6.45) is 6.58. The first-order valence-electron chi connectivity index (χ1n) is 10.7. The lowest BCUT2D eigenvalue weighted by Gasteiger charge is -2.22. The molecule has 3 aromatic rings. The normalized spacial score (nSPS) is 14.8. The minimum atomic E-state index is -0.550. The smallest absolute Gasteiger partial charge is 0.313 e. The molecule has 1 aliphatic rings. The first-order valence-corrected chi connectivity index (χ1v) is 11.0. The lowest BCUT2D eigenvalue weighted by Crippen LogP contribution is -2.25. The van der Waals surface area contributed by atoms with Crippen molar-refractivity contribution in [2.24, 2.45) is 5.10 Å². The molecule has 32 heavy (non-hydrogen) atoms. The Kier molecular flexibility index (Phi) is 6.50. The van der Waals surface area contributed by atoms with Crippen LogP contribution >= 0.6 is 11.6 Å². The van der Waals surface area contributed by atoms with Crippen molar-refractivity contribution < 1.29 is 9.66 Å². The number of nitro benzene ring substituents is 1. The minimum absolute atomic E-state index is 0.0617. The third kappa shape index (κ3) is 4.36. The Hall–Kier alpha value is -3.26. The highest BCUT2D eigenvalue weighted by molar-refractivity contribution is 6.31. The zero-order valence-electron chi connectivity index (χ0n) is 17.7. The molecule has 166 valence electrons. The number of benzene rings is 2. The van der Waals surface area contributed by atoms with E-state index in [2.05, 4.69) is 5.10 Å². The summed E-state index contributed by atoms with van der Waals surface area (Å²) in [4.78, 5) is 29.0. The Labute approximate surface area is 189 Å². The molecule has 0 atom stereocenters. The Bertz CT molecular complexity index is 1250. The summed E-state index contributed by atoms with van der Waals surface area (Å²) < 4.78 is 6.85. The van der Waals surface area contributed by atoms with Crippen molar-refractivity contribution >= 4 is 34.4 Å². The third-order valence-electron chi connectivity index (χ3n) is 5.61. The Morgan fingerprint density at radius 1 is 1.28 bits per heavy atom. The van der Waals surface area contributed by atoms with Crippen LogP contribution in [0.4, 0.5) is 5.69 Å². The van der Waals surface area contributed by atoms with Gasteiger partial charge in [0.25, 0.3) is 5.56 Å². The summed E-state index contributed by atoms with van der Waals surface area (Å²) in [7, 11) is 0. The molecule has 0 aliphatic heterocycles. The molecular formula is C23H23ClN4O4. The molecule has 1 aliphatic carbocycles. The van der Waals surface area contributed by atoms with Crippen LogP contribution in [-0.2, 0) is 0 Å². The fraction of sp³-hybridized carbons (Fsp3) is 0.348. The second kappa shape index (κ2) is 9.48. The summed E-state index contributed by atoms with van der Waals surface area (Å²) in [5, 5.41) is 16.6. The van der Waals surface area contributed by atoms with Crippen LogP contribution in [0.3, 0.4) is 0 Å². The molecular weight excluding hydrogens is 432 g/mol. The molecule has 1 aromatic heterocycles. The van der Waals surface area contributed by atoms with Gasteiger partial charge in [-0.3, -0.25) is 14.9 Å². The molecule has 1 fully saturated rings. The van der Waals surface area contributed by atoms with Gasteiger partial charge in [0, 0.05) is 22.6 Å². The lowest BCUT2D eigenvalue weighted by atomic mass is 9.88. The van der Waals surface area contributed by atoms with Gasteiger partial charge >= 0.3 is 5.69 Å². The van der Waals surface area contributed by atoms with Crippen LogP contribution < -0.4 is 10.3 Å². The van der Waals surface area contributed by atoms with Gasteiger partial charge in [-0.05, 0) is 38.0 Å². The number of ether oxygens (including phenoxy) is 1. The standard InChI is InChI=1S/C23H23ClN4O4/c1-2-32-21-16(12-17(24)13-20(21)28(30)31)14-25-27-22(15-8-4-3-5-9-15)26-19-11-7-6-10-18(19)23(27)29/h6-7,10-15H,2-5,8-9H2,1H3. The van der Waals surface area contributed by atoms with E-state index in [9.17, 15) is 14.9 Å². The van der Waals surface area contributed by atoms with Gasteiger partial charge in [-0.2, -0.15) is 9.78 Å². The number of hydrogen-bond donors (Lipinski definition) is 0. The molecule has 9 heteroatoms. The molecule has 0 N–H and O–H groups in total. The highest BCUT2D eigenvalue weighted by atomic mass is 35.5. The van der Waals surface area contributed by atoms with E-state index in [0.717, 1.165) is 25.7 Å². The molecule has 0 radical (unpaired) electrons. The molecule has 8 nitrogen and oxygen atoms in total. The van der Waals surface area contributed by atoms with E-state index in [1.54, 1.807) is 19.1 Å². The highest BCUT2D eigenvalue weighted by Gasteiger charge is 2.23. The summed E-state index contributed by atoms with van der Waals surface area (Å²) in [6.45, 7) is 1.96. The molecule has 0 bridgehead atoms. The Morgan fingerprint density at radius 2 is 2.03 bits per heavy atom. The van der Waals surface area contributed by atoms with Gasteiger partial charge in [0.1, 0.15) is 5.82 Å². The van der Waals surface area contributed by atoms with E-state index in [-0.39, 0.29) is 34.5 Å². The quantitative estimate of drug-likeness (QED) is 0.286. The van der Waals surface area contributed by atoms with Crippen LogP contribution in [-0.4, -0.2) is 27.4 Å². The van der Waals surface area contributed by atoms with Gasteiger partial charge < -0.3 is 4.74 Å². The third-order valence-corrected chi connectivity index (χ3v) is 5.83.